The van der Waals surface area contributed by atoms with Crippen LogP contribution < -0.4 is 10.1 Å². The molecule has 1 unspecified atom stereocenters. The maximum absolute atomic E-state index is 9.15. The van der Waals surface area contributed by atoms with Crippen molar-refractivity contribution < 1.29 is 4.74 Å². The Kier molecular flexibility index (Phi) is 4.59. The molecule has 4 nitrogen and oxygen atoms in total. The summed E-state index contributed by atoms with van der Waals surface area (Å²) < 4.78 is 6.39. The Labute approximate surface area is 116 Å². The monoisotopic (exact) mass is 309 g/mol. The second kappa shape index (κ2) is 6.19. The van der Waals surface area contributed by atoms with E-state index in [1.807, 2.05) is 12.1 Å². The van der Waals surface area contributed by atoms with Crippen molar-refractivity contribution in [2.45, 2.75) is 12.6 Å². The minimum atomic E-state index is -0.0672. The van der Waals surface area contributed by atoms with Crippen molar-refractivity contribution in [1.29, 1.82) is 5.26 Å². The van der Waals surface area contributed by atoms with Gasteiger partial charge in [-0.25, -0.2) is 0 Å². The van der Waals surface area contributed by atoms with E-state index in [9.17, 15) is 0 Å². The number of nitrogens with zero attached hydrogens (tertiary/aromatic N) is 2. The lowest BCUT2D eigenvalue weighted by Crippen LogP contribution is -2.50. The van der Waals surface area contributed by atoms with Gasteiger partial charge in [0.25, 0.3) is 0 Å². The fraction of sp³-hybridized carbons (Fsp3) is 0.462. The van der Waals surface area contributed by atoms with Crippen molar-refractivity contribution in [2.75, 3.05) is 26.7 Å². The van der Waals surface area contributed by atoms with E-state index >= 15 is 0 Å². The first-order valence-corrected chi connectivity index (χ1v) is 6.70. The quantitative estimate of drug-likeness (QED) is 0.924. The Morgan fingerprint density at radius 3 is 3.17 bits per heavy atom. The van der Waals surface area contributed by atoms with Crippen LogP contribution in [0.4, 0.5) is 0 Å². The van der Waals surface area contributed by atoms with Gasteiger partial charge in [0.05, 0.1) is 13.2 Å². The van der Waals surface area contributed by atoms with E-state index in [0.29, 0.717) is 0 Å². The SMILES string of the molecule is COc1ccc(Br)cc1CN1CCNCC1C#N. The number of hydrogen-bond acceptors (Lipinski definition) is 4. The first-order valence-electron chi connectivity index (χ1n) is 5.91. The lowest BCUT2D eigenvalue weighted by atomic mass is 10.1. The van der Waals surface area contributed by atoms with Crippen molar-refractivity contribution in [3.05, 3.63) is 28.2 Å². The summed E-state index contributed by atoms with van der Waals surface area (Å²) in [4.78, 5) is 2.18. The molecule has 1 aromatic carbocycles. The minimum Gasteiger partial charge on any atom is -0.496 e. The van der Waals surface area contributed by atoms with Crippen LogP contribution in [-0.2, 0) is 6.54 Å². The van der Waals surface area contributed by atoms with E-state index in [0.717, 1.165) is 42.0 Å². The normalized spacial score (nSPS) is 20.4. The zero-order valence-electron chi connectivity index (χ0n) is 10.3. The topological polar surface area (TPSA) is 48.3 Å². The largest absolute Gasteiger partial charge is 0.496 e. The van der Waals surface area contributed by atoms with Gasteiger partial charge in [-0.3, -0.25) is 4.90 Å². The molecule has 0 amide bonds. The molecule has 1 aromatic rings. The average Bonchev–Trinajstić information content (AvgIpc) is 2.40. The van der Waals surface area contributed by atoms with Gasteiger partial charge >= 0.3 is 0 Å². The lowest BCUT2D eigenvalue weighted by molar-refractivity contribution is 0.187. The molecule has 0 bridgehead atoms. The van der Waals surface area contributed by atoms with Gasteiger partial charge < -0.3 is 10.1 Å². The van der Waals surface area contributed by atoms with Crippen LogP contribution in [0.3, 0.4) is 0 Å². The third kappa shape index (κ3) is 3.02. The molecule has 18 heavy (non-hydrogen) atoms. The molecular weight excluding hydrogens is 294 g/mol. The highest BCUT2D eigenvalue weighted by Gasteiger charge is 2.22. The second-order valence-electron chi connectivity index (χ2n) is 4.28. The van der Waals surface area contributed by atoms with Crippen molar-refractivity contribution >= 4 is 15.9 Å². The molecule has 1 aliphatic rings. The van der Waals surface area contributed by atoms with Crippen molar-refractivity contribution in [1.82, 2.24) is 10.2 Å². The summed E-state index contributed by atoms with van der Waals surface area (Å²) in [6.45, 7) is 3.28. The number of benzene rings is 1. The maximum Gasteiger partial charge on any atom is 0.123 e. The van der Waals surface area contributed by atoms with E-state index in [1.165, 1.54) is 0 Å². The summed E-state index contributed by atoms with van der Waals surface area (Å²) in [5, 5.41) is 12.4. The second-order valence-corrected chi connectivity index (χ2v) is 5.19. The summed E-state index contributed by atoms with van der Waals surface area (Å²) in [5.74, 6) is 0.869. The van der Waals surface area contributed by atoms with Crippen LogP contribution in [0.15, 0.2) is 22.7 Å². The molecule has 0 aliphatic carbocycles. The molecule has 1 atom stereocenters. The van der Waals surface area contributed by atoms with Gasteiger partial charge in [-0.15, -0.1) is 0 Å². The highest BCUT2D eigenvalue weighted by Crippen LogP contribution is 2.25. The fourth-order valence-corrected chi connectivity index (χ4v) is 2.56. The summed E-state index contributed by atoms with van der Waals surface area (Å²) in [7, 11) is 1.67. The van der Waals surface area contributed by atoms with E-state index in [2.05, 4.69) is 38.3 Å². The third-order valence-corrected chi connectivity index (χ3v) is 3.61. The van der Waals surface area contributed by atoms with Gasteiger partial charge in [-0.1, -0.05) is 15.9 Å². The highest BCUT2D eigenvalue weighted by atomic mass is 79.9. The standard InChI is InChI=1S/C13H16BrN3O/c1-18-13-3-2-11(14)6-10(13)9-17-5-4-16-8-12(17)7-15/h2-3,6,12,16H,4-5,8-9H2,1H3. The molecule has 0 spiro atoms. The van der Waals surface area contributed by atoms with Crippen LogP contribution in [0, 0.1) is 11.3 Å². The van der Waals surface area contributed by atoms with Crippen molar-refractivity contribution in [3.8, 4) is 11.8 Å². The summed E-state index contributed by atoms with van der Waals surface area (Å²) in [5.41, 5.74) is 1.11. The maximum atomic E-state index is 9.15. The summed E-state index contributed by atoms with van der Waals surface area (Å²) in [6.07, 6.45) is 0. The molecule has 0 aromatic heterocycles. The Bertz CT molecular complexity index is 458. The Hall–Kier alpha value is -1.09. The van der Waals surface area contributed by atoms with Gasteiger partial charge in [0, 0.05) is 36.2 Å². The van der Waals surface area contributed by atoms with Gasteiger partial charge in [-0.05, 0) is 18.2 Å². The molecule has 1 saturated heterocycles. The molecule has 0 saturated carbocycles. The molecular formula is C13H16BrN3O. The highest BCUT2D eigenvalue weighted by molar-refractivity contribution is 9.10. The number of ether oxygens (including phenoxy) is 1. The predicted octanol–water partition coefficient (Wildman–Crippen LogP) is 1.76. The van der Waals surface area contributed by atoms with E-state index in [-0.39, 0.29) is 6.04 Å². The number of rotatable bonds is 3. The predicted molar refractivity (Wildman–Crippen MR) is 73.4 cm³/mol. The van der Waals surface area contributed by atoms with Gasteiger partial charge in [0.15, 0.2) is 0 Å². The molecule has 2 rings (SSSR count). The Balaban J connectivity index is 2.17. The van der Waals surface area contributed by atoms with Crippen molar-refractivity contribution in [2.24, 2.45) is 0 Å². The lowest BCUT2D eigenvalue weighted by Gasteiger charge is -2.32. The van der Waals surface area contributed by atoms with Crippen LogP contribution >= 0.6 is 15.9 Å². The van der Waals surface area contributed by atoms with E-state index in [4.69, 9.17) is 10.00 Å². The number of nitrogens with one attached hydrogen (secondary N) is 1. The van der Waals surface area contributed by atoms with Crippen molar-refractivity contribution in [3.63, 3.8) is 0 Å². The van der Waals surface area contributed by atoms with Gasteiger partial charge in [0.2, 0.25) is 0 Å². The minimum absolute atomic E-state index is 0.0672. The van der Waals surface area contributed by atoms with E-state index in [1.54, 1.807) is 7.11 Å². The third-order valence-electron chi connectivity index (χ3n) is 3.12. The Morgan fingerprint density at radius 1 is 1.61 bits per heavy atom. The number of methoxy groups -OCH3 is 1. The molecule has 5 heteroatoms. The van der Waals surface area contributed by atoms with E-state index < -0.39 is 0 Å². The molecule has 96 valence electrons. The van der Waals surface area contributed by atoms with Crippen LogP contribution in [0.1, 0.15) is 5.56 Å². The molecule has 1 fully saturated rings. The molecule has 1 aliphatic heterocycles. The van der Waals surface area contributed by atoms with Gasteiger partial charge in [0.1, 0.15) is 11.8 Å². The summed E-state index contributed by atoms with van der Waals surface area (Å²) >= 11 is 3.47. The summed E-state index contributed by atoms with van der Waals surface area (Å²) in [6, 6.07) is 8.23. The van der Waals surface area contributed by atoms with Crippen LogP contribution in [-0.4, -0.2) is 37.7 Å². The van der Waals surface area contributed by atoms with Crippen LogP contribution in [0.2, 0.25) is 0 Å². The van der Waals surface area contributed by atoms with Crippen LogP contribution in [0.25, 0.3) is 0 Å². The average molecular weight is 310 g/mol. The fourth-order valence-electron chi connectivity index (χ4n) is 2.15. The first kappa shape index (κ1) is 13.3. The molecule has 1 N–H and O–H groups in total. The van der Waals surface area contributed by atoms with Gasteiger partial charge in [-0.2, -0.15) is 5.26 Å². The number of piperazine rings is 1. The first-order chi connectivity index (χ1) is 8.74. The number of halogens is 1. The number of hydrogen-bond donors (Lipinski definition) is 1. The zero-order valence-corrected chi connectivity index (χ0v) is 11.9. The molecule has 1 heterocycles. The van der Waals surface area contributed by atoms with Crippen LogP contribution in [0.5, 0.6) is 5.75 Å². The zero-order chi connectivity index (χ0) is 13.0. The smallest absolute Gasteiger partial charge is 0.123 e. The Morgan fingerprint density at radius 2 is 2.44 bits per heavy atom. The number of nitriles is 1. The molecule has 0 radical (unpaired) electrons.